The lowest BCUT2D eigenvalue weighted by atomic mass is 10.3. The summed E-state index contributed by atoms with van der Waals surface area (Å²) in [7, 11) is 1.72. The summed E-state index contributed by atoms with van der Waals surface area (Å²) < 4.78 is 5.07. The Morgan fingerprint density at radius 3 is 3.00 bits per heavy atom. The number of nitrogens with zero attached hydrogens (tertiary/aromatic N) is 2. The van der Waals surface area contributed by atoms with Gasteiger partial charge in [-0.2, -0.15) is 0 Å². The number of aromatic nitrogens is 1. The van der Waals surface area contributed by atoms with Crippen molar-refractivity contribution in [2.45, 2.75) is 6.42 Å². The molecule has 4 nitrogen and oxygen atoms in total. The Morgan fingerprint density at radius 1 is 1.62 bits per heavy atom. The van der Waals surface area contributed by atoms with Crippen LogP contribution in [0.2, 0.25) is 0 Å². The Hall–Kier alpha value is -0.910. The number of methoxy groups -OCH3 is 1. The Bertz CT molecular complexity index is 314. The molecular formula is C11H19N3OS. The van der Waals surface area contributed by atoms with Crippen LogP contribution in [0.25, 0.3) is 0 Å². The zero-order valence-electron chi connectivity index (χ0n) is 9.69. The van der Waals surface area contributed by atoms with Gasteiger partial charge >= 0.3 is 0 Å². The topological polar surface area (TPSA) is 51.4 Å². The van der Waals surface area contributed by atoms with Crippen molar-refractivity contribution in [3.63, 3.8) is 0 Å². The Kier molecular flexibility index (Phi) is 6.07. The fourth-order valence-electron chi connectivity index (χ4n) is 1.41. The lowest BCUT2D eigenvalue weighted by molar-refractivity contribution is 0.155. The molecule has 0 aliphatic rings. The standard InChI is InChI=1S/C11H19N3OS/c1-3-5-14(7-8-15-2)6-4-10-9-16-11(12)13-10/h3,9H,1,4-8H2,2H3,(H2,12,13). The van der Waals surface area contributed by atoms with Crippen LogP contribution in [-0.4, -0.2) is 43.2 Å². The molecule has 0 aliphatic heterocycles. The van der Waals surface area contributed by atoms with E-state index in [2.05, 4.69) is 16.5 Å². The van der Waals surface area contributed by atoms with Crippen LogP contribution in [-0.2, 0) is 11.2 Å². The van der Waals surface area contributed by atoms with E-state index in [1.165, 1.54) is 11.3 Å². The number of nitrogens with two attached hydrogens (primary N) is 1. The first-order chi connectivity index (χ1) is 7.76. The van der Waals surface area contributed by atoms with Crippen LogP contribution in [0.15, 0.2) is 18.0 Å². The molecule has 2 N–H and O–H groups in total. The summed E-state index contributed by atoms with van der Waals surface area (Å²) >= 11 is 1.49. The molecule has 0 radical (unpaired) electrons. The van der Waals surface area contributed by atoms with Gasteiger partial charge in [0.1, 0.15) is 0 Å². The summed E-state index contributed by atoms with van der Waals surface area (Å²) in [6.07, 6.45) is 2.83. The molecule has 0 saturated carbocycles. The molecule has 90 valence electrons. The van der Waals surface area contributed by atoms with Crippen molar-refractivity contribution in [2.24, 2.45) is 0 Å². The smallest absolute Gasteiger partial charge is 0.180 e. The summed E-state index contributed by atoms with van der Waals surface area (Å²) in [4.78, 5) is 6.52. The first-order valence-electron chi connectivity index (χ1n) is 5.28. The minimum atomic E-state index is 0.641. The van der Waals surface area contributed by atoms with Gasteiger partial charge in [-0.15, -0.1) is 17.9 Å². The summed E-state index contributed by atoms with van der Waals surface area (Å²) in [6.45, 7) is 7.25. The van der Waals surface area contributed by atoms with E-state index in [9.17, 15) is 0 Å². The molecule has 0 atom stereocenters. The molecule has 0 bridgehead atoms. The number of nitrogen functional groups attached to an aromatic ring is 1. The number of ether oxygens (including phenoxy) is 1. The molecular weight excluding hydrogens is 222 g/mol. The first-order valence-corrected chi connectivity index (χ1v) is 6.16. The minimum absolute atomic E-state index is 0.641. The quantitative estimate of drug-likeness (QED) is 0.699. The van der Waals surface area contributed by atoms with Gasteiger partial charge in [-0.3, -0.25) is 4.90 Å². The summed E-state index contributed by atoms with van der Waals surface area (Å²) in [5.41, 5.74) is 6.65. The molecule has 1 aromatic rings. The predicted molar refractivity (Wildman–Crippen MR) is 68.7 cm³/mol. The van der Waals surface area contributed by atoms with Gasteiger partial charge in [0.25, 0.3) is 0 Å². The van der Waals surface area contributed by atoms with E-state index in [0.717, 1.165) is 38.4 Å². The molecule has 1 aromatic heterocycles. The molecule has 5 heteroatoms. The van der Waals surface area contributed by atoms with E-state index < -0.39 is 0 Å². The molecule has 0 fully saturated rings. The van der Waals surface area contributed by atoms with Gasteiger partial charge in [0, 0.05) is 38.5 Å². The maximum atomic E-state index is 5.58. The molecule has 16 heavy (non-hydrogen) atoms. The molecule has 0 aromatic carbocycles. The second-order valence-electron chi connectivity index (χ2n) is 3.51. The average molecular weight is 241 g/mol. The zero-order chi connectivity index (χ0) is 11.8. The van der Waals surface area contributed by atoms with Crippen LogP contribution in [0.1, 0.15) is 5.69 Å². The SMILES string of the molecule is C=CCN(CCOC)CCc1csc(N)n1. The van der Waals surface area contributed by atoms with Crippen LogP contribution in [0, 0.1) is 0 Å². The average Bonchev–Trinajstić information content (AvgIpc) is 2.68. The van der Waals surface area contributed by atoms with Crippen molar-refractivity contribution < 1.29 is 4.74 Å². The van der Waals surface area contributed by atoms with Gasteiger partial charge in [0.05, 0.1) is 12.3 Å². The third-order valence-corrected chi connectivity index (χ3v) is 2.98. The van der Waals surface area contributed by atoms with Gasteiger partial charge in [-0.1, -0.05) is 6.08 Å². The van der Waals surface area contributed by atoms with E-state index in [4.69, 9.17) is 10.5 Å². The Labute approximate surface area is 101 Å². The van der Waals surface area contributed by atoms with Crippen LogP contribution in [0.3, 0.4) is 0 Å². The van der Waals surface area contributed by atoms with Crippen LogP contribution in [0.4, 0.5) is 5.13 Å². The molecule has 0 spiro atoms. The van der Waals surface area contributed by atoms with E-state index >= 15 is 0 Å². The first kappa shape index (κ1) is 13.2. The molecule has 0 aliphatic carbocycles. The highest BCUT2D eigenvalue weighted by atomic mass is 32.1. The van der Waals surface area contributed by atoms with Gasteiger partial charge in [-0.25, -0.2) is 4.98 Å². The van der Waals surface area contributed by atoms with Crippen LogP contribution >= 0.6 is 11.3 Å². The number of thiazole rings is 1. The molecule has 0 unspecified atom stereocenters. The highest BCUT2D eigenvalue weighted by Crippen LogP contribution is 2.11. The van der Waals surface area contributed by atoms with Crippen molar-refractivity contribution in [3.05, 3.63) is 23.7 Å². The second kappa shape index (κ2) is 7.38. The zero-order valence-corrected chi connectivity index (χ0v) is 10.5. The number of hydrogen-bond donors (Lipinski definition) is 1. The summed E-state index contributed by atoms with van der Waals surface area (Å²) in [5.74, 6) is 0. The minimum Gasteiger partial charge on any atom is -0.383 e. The van der Waals surface area contributed by atoms with Gasteiger partial charge in [0.2, 0.25) is 0 Å². The summed E-state index contributed by atoms with van der Waals surface area (Å²) in [5, 5.41) is 2.65. The Balaban J connectivity index is 2.33. The number of rotatable bonds is 8. The lowest BCUT2D eigenvalue weighted by Crippen LogP contribution is -2.29. The predicted octanol–water partition coefficient (Wildman–Crippen LogP) is 1.40. The van der Waals surface area contributed by atoms with Crippen LogP contribution < -0.4 is 5.73 Å². The van der Waals surface area contributed by atoms with Gasteiger partial charge in [0.15, 0.2) is 5.13 Å². The van der Waals surface area contributed by atoms with Crippen molar-refractivity contribution in [3.8, 4) is 0 Å². The van der Waals surface area contributed by atoms with Crippen LogP contribution in [0.5, 0.6) is 0 Å². The molecule has 0 saturated heterocycles. The maximum absolute atomic E-state index is 5.58. The molecule has 1 heterocycles. The number of hydrogen-bond acceptors (Lipinski definition) is 5. The third kappa shape index (κ3) is 4.74. The highest BCUT2D eigenvalue weighted by Gasteiger charge is 2.05. The largest absolute Gasteiger partial charge is 0.383 e. The summed E-state index contributed by atoms with van der Waals surface area (Å²) in [6, 6.07) is 0. The van der Waals surface area contributed by atoms with E-state index in [0.29, 0.717) is 5.13 Å². The van der Waals surface area contributed by atoms with Crippen molar-refractivity contribution >= 4 is 16.5 Å². The molecule has 1 rings (SSSR count). The number of anilines is 1. The van der Waals surface area contributed by atoms with E-state index in [-0.39, 0.29) is 0 Å². The second-order valence-corrected chi connectivity index (χ2v) is 4.40. The fraction of sp³-hybridized carbons (Fsp3) is 0.545. The molecule has 0 amide bonds. The van der Waals surface area contributed by atoms with E-state index in [1.807, 2.05) is 11.5 Å². The highest BCUT2D eigenvalue weighted by molar-refractivity contribution is 7.13. The third-order valence-electron chi connectivity index (χ3n) is 2.25. The van der Waals surface area contributed by atoms with E-state index in [1.54, 1.807) is 7.11 Å². The fourth-order valence-corrected chi connectivity index (χ4v) is 2.00. The van der Waals surface area contributed by atoms with Crippen molar-refractivity contribution in [2.75, 3.05) is 39.1 Å². The van der Waals surface area contributed by atoms with Crippen molar-refractivity contribution in [1.82, 2.24) is 9.88 Å². The Morgan fingerprint density at radius 2 is 2.44 bits per heavy atom. The maximum Gasteiger partial charge on any atom is 0.180 e. The normalized spacial score (nSPS) is 10.9. The van der Waals surface area contributed by atoms with Gasteiger partial charge < -0.3 is 10.5 Å². The lowest BCUT2D eigenvalue weighted by Gasteiger charge is -2.19. The monoisotopic (exact) mass is 241 g/mol. The van der Waals surface area contributed by atoms with Crippen molar-refractivity contribution in [1.29, 1.82) is 0 Å². The van der Waals surface area contributed by atoms with Gasteiger partial charge in [-0.05, 0) is 0 Å².